The fourth-order valence-corrected chi connectivity index (χ4v) is 12.3. The highest BCUT2D eigenvalue weighted by Crippen LogP contribution is 2.58. The van der Waals surface area contributed by atoms with Crippen molar-refractivity contribution in [2.75, 3.05) is 10.6 Å². The molecule has 0 amide bonds. The lowest BCUT2D eigenvalue weighted by molar-refractivity contribution is 1.02. The van der Waals surface area contributed by atoms with Crippen molar-refractivity contribution in [3.63, 3.8) is 0 Å². The van der Waals surface area contributed by atoms with Gasteiger partial charge in [0.15, 0.2) is 0 Å². The maximum atomic E-state index is 6.79. The van der Waals surface area contributed by atoms with Gasteiger partial charge in [-0.2, -0.15) is 0 Å². The Bertz CT molecular complexity index is 4220. The molecule has 2 atom stereocenters. The van der Waals surface area contributed by atoms with Crippen molar-refractivity contribution in [3.05, 3.63) is 272 Å². The second kappa shape index (κ2) is 18.0. The third-order valence-electron chi connectivity index (χ3n) is 15.6. The van der Waals surface area contributed by atoms with Crippen molar-refractivity contribution in [1.82, 2.24) is 4.57 Å². The van der Waals surface area contributed by atoms with E-state index in [1.807, 2.05) is 18.2 Å². The number of nitrogens with zero attached hydrogens (tertiary/aromatic N) is 2. The SMILES string of the molecule is Nc1ccccc1N1C(c2ccc(-c3cc(C4=CC=CCC4)cc(-c4ccccc4)c3)cc2)[C@@H]1c1ccc(-n2c3ccc4ccccc4c3c3c4ccccc4c(-c4cccc(-c5ccccc5S)c4)cc32)cc1. The Morgan fingerprint density at radius 1 is 0.432 bits per heavy atom. The van der Waals surface area contributed by atoms with Crippen molar-refractivity contribution in [1.29, 1.82) is 0 Å². The van der Waals surface area contributed by atoms with Crippen LogP contribution in [0.4, 0.5) is 11.4 Å². The number of rotatable bonds is 9. The monoisotopic (exact) mass is 965 g/mol. The van der Waals surface area contributed by atoms with Crippen molar-refractivity contribution >= 4 is 72.9 Å². The first-order valence-corrected chi connectivity index (χ1v) is 26.2. The summed E-state index contributed by atoms with van der Waals surface area (Å²) < 4.78 is 2.49. The van der Waals surface area contributed by atoms with Crippen LogP contribution in [0, 0.1) is 0 Å². The molecule has 14 rings (SSSR count). The van der Waals surface area contributed by atoms with Gasteiger partial charge in [0.25, 0.3) is 0 Å². The quantitative estimate of drug-likeness (QED) is 0.0859. The van der Waals surface area contributed by atoms with Crippen molar-refractivity contribution in [2.24, 2.45) is 0 Å². The Hall–Kier alpha value is -8.83. The second-order valence-corrected chi connectivity index (χ2v) is 20.4. The fraction of sp³-hybridized carbons (Fsp3) is 0.0571. The Labute approximate surface area is 437 Å². The zero-order chi connectivity index (χ0) is 49.3. The van der Waals surface area contributed by atoms with E-state index in [1.165, 1.54) is 99.0 Å². The molecule has 11 aromatic carbocycles. The number of benzene rings is 11. The topological polar surface area (TPSA) is 34.0 Å². The van der Waals surface area contributed by atoms with Gasteiger partial charge < -0.3 is 15.2 Å². The lowest BCUT2D eigenvalue weighted by atomic mass is 9.90. The molecule has 2 heterocycles. The number of thiol groups is 1. The predicted octanol–water partition coefficient (Wildman–Crippen LogP) is 18.7. The first-order chi connectivity index (χ1) is 36.5. The summed E-state index contributed by atoms with van der Waals surface area (Å²) in [6.45, 7) is 0. The van der Waals surface area contributed by atoms with E-state index >= 15 is 0 Å². The van der Waals surface area contributed by atoms with Crippen LogP contribution in [0.3, 0.4) is 0 Å². The molecule has 0 bridgehead atoms. The molecule has 0 radical (unpaired) electrons. The summed E-state index contributed by atoms with van der Waals surface area (Å²) in [5.41, 5.74) is 26.8. The highest BCUT2D eigenvalue weighted by atomic mass is 32.1. The summed E-state index contributed by atoms with van der Waals surface area (Å²) >= 11 is 4.86. The minimum absolute atomic E-state index is 0.103. The van der Waals surface area contributed by atoms with E-state index in [2.05, 4.69) is 246 Å². The number of aromatic nitrogens is 1. The number of nitrogen functional groups attached to an aromatic ring is 1. The molecule has 1 aromatic heterocycles. The molecule has 0 saturated carbocycles. The first-order valence-electron chi connectivity index (χ1n) is 25.7. The average molecular weight is 966 g/mol. The number of fused-ring (bicyclic) bond motifs is 7. The van der Waals surface area contributed by atoms with Gasteiger partial charge in [0.05, 0.1) is 34.5 Å². The predicted molar refractivity (Wildman–Crippen MR) is 316 cm³/mol. The number of allylic oxidation sites excluding steroid dienone is 4. The zero-order valence-corrected chi connectivity index (χ0v) is 41.6. The maximum absolute atomic E-state index is 6.79. The van der Waals surface area contributed by atoms with Gasteiger partial charge in [-0.1, -0.05) is 188 Å². The highest BCUT2D eigenvalue weighted by molar-refractivity contribution is 7.80. The van der Waals surface area contributed by atoms with Crippen LogP contribution in [0.1, 0.15) is 41.6 Å². The van der Waals surface area contributed by atoms with E-state index < -0.39 is 0 Å². The third kappa shape index (κ3) is 7.52. The van der Waals surface area contributed by atoms with Crippen LogP contribution in [0.25, 0.3) is 99.1 Å². The summed E-state index contributed by atoms with van der Waals surface area (Å²) in [6.07, 6.45) is 8.84. The molecule has 1 aliphatic carbocycles. The lowest BCUT2D eigenvalue weighted by Crippen LogP contribution is -2.00. The molecule has 12 aromatic rings. The molecule has 352 valence electrons. The number of nitrogens with two attached hydrogens (primary N) is 1. The first kappa shape index (κ1) is 43.9. The molecule has 1 unspecified atom stereocenters. The zero-order valence-electron chi connectivity index (χ0n) is 40.7. The Balaban J connectivity index is 0.877. The van der Waals surface area contributed by atoms with Crippen LogP contribution in [-0.4, -0.2) is 4.57 Å². The lowest BCUT2D eigenvalue weighted by Gasteiger charge is -2.15. The van der Waals surface area contributed by atoms with Crippen LogP contribution < -0.4 is 10.6 Å². The molecule has 4 heteroatoms. The molecule has 3 nitrogen and oxygen atoms in total. The minimum Gasteiger partial charge on any atom is -0.397 e. The van der Waals surface area contributed by atoms with Gasteiger partial charge in [0, 0.05) is 21.4 Å². The Morgan fingerprint density at radius 3 is 1.77 bits per heavy atom. The van der Waals surface area contributed by atoms with Crippen LogP contribution in [-0.2, 0) is 0 Å². The van der Waals surface area contributed by atoms with Gasteiger partial charge in [-0.25, -0.2) is 0 Å². The number of anilines is 2. The van der Waals surface area contributed by atoms with E-state index in [4.69, 9.17) is 18.4 Å². The summed E-state index contributed by atoms with van der Waals surface area (Å²) in [5.74, 6) is 0. The van der Waals surface area contributed by atoms with Crippen molar-refractivity contribution in [2.45, 2.75) is 29.8 Å². The van der Waals surface area contributed by atoms with Crippen LogP contribution in [0.5, 0.6) is 0 Å². The van der Waals surface area contributed by atoms with E-state index in [0.29, 0.717) is 0 Å². The van der Waals surface area contributed by atoms with Gasteiger partial charge in [0.2, 0.25) is 0 Å². The number of para-hydroxylation sites is 2. The van der Waals surface area contributed by atoms with Crippen molar-refractivity contribution in [3.8, 4) is 50.2 Å². The summed E-state index contributed by atoms with van der Waals surface area (Å²) in [4.78, 5) is 3.45. The normalized spacial score (nSPS) is 15.3. The number of hydrogen-bond acceptors (Lipinski definition) is 3. The van der Waals surface area contributed by atoms with Crippen LogP contribution >= 0.6 is 12.6 Å². The summed E-state index contributed by atoms with van der Waals surface area (Å²) in [7, 11) is 0. The van der Waals surface area contributed by atoms with Crippen LogP contribution in [0.15, 0.2) is 260 Å². The van der Waals surface area contributed by atoms with E-state index in [-0.39, 0.29) is 12.1 Å². The van der Waals surface area contributed by atoms with E-state index in [1.54, 1.807) is 0 Å². The molecule has 1 fully saturated rings. The average Bonchev–Trinajstić information content (AvgIpc) is 4.13. The van der Waals surface area contributed by atoms with Gasteiger partial charge in [0.1, 0.15) is 0 Å². The van der Waals surface area contributed by atoms with E-state index in [0.717, 1.165) is 45.9 Å². The molecular weight excluding hydrogens is 915 g/mol. The maximum Gasteiger partial charge on any atom is 0.0796 e. The third-order valence-corrected chi connectivity index (χ3v) is 16.0. The van der Waals surface area contributed by atoms with Gasteiger partial charge in [-0.3, -0.25) is 0 Å². The summed E-state index contributed by atoms with van der Waals surface area (Å²) in [6, 6.07) is 86.9. The Morgan fingerprint density at radius 2 is 1.03 bits per heavy atom. The standard InChI is InChI=1S/C70H51N3S/c71-62-27-12-13-28-63(62)73-69(49-32-30-47(31-33-49)55-42-53(45-16-3-1-4-17-45)41-54(43-55)46-18-5-2-6-19-46)70(73)50-34-37-56(38-35-50)72-64-39-36-48-20-7-8-24-58(48)67(64)68-60-26-10-9-25-59(60)61(44-65(68)72)52-22-15-21-51(40-52)57-23-11-14-29-66(57)74/h1-5,7-18,20-44,69-70,74H,6,19,71H2/t69?,70-,73?/m0/s1. The molecule has 1 aliphatic heterocycles. The molecule has 2 N–H and O–H groups in total. The molecule has 2 aliphatic rings. The molecule has 0 spiro atoms. The molecule has 1 saturated heterocycles. The number of hydrogen-bond donors (Lipinski definition) is 2. The van der Waals surface area contributed by atoms with Gasteiger partial charge in [-0.05, 0) is 168 Å². The van der Waals surface area contributed by atoms with Crippen LogP contribution in [0.2, 0.25) is 0 Å². The summed E-state index contributed by atoms with van der Waals surface area (Å²) in [5, 5.41) is 7.48. The van der Waals surface area contributed by atoms with E-state index in [9.17, 15) is 0 Å². The largest absolute Gasteiger partial charge is 0.397 e. The van der Waals surface area contributed by atoms with Gasteiger partial charge >= 0.3 is 0 Å². The smallest absolute Gasteiger partial charge is 0.0796 e. The Kier molecular flexibility index (Phi) is 10.7. The fourth-order valence-electron chi connectivity index (χ4n) is 12.0. The molecular formula is C70H51N3S. The van der Waals surface area contributed by atoms with Gasteiger partial charge in [-0.15, -0.1) is 12.6 Å². The highest BCUT2D eigenvalue weighted by Gasteiger charge is 2.50. The second-order valence-electron chi connectivity index (χ2n) is 19.9. The minimum atomic E-state index is 0.103. The molecule has 74 heavy (non-hydrogen) atoms. The van der Waals surface area contributed by atoms with Crippen molar-refractivity contribution < 1.29 is 0 Å².